The molecule has 5 nitrogen and oxygen atoms in total. The molecule has 0 radical (unpaired) electrons. The number of nitrogens with zero attached hydrogens (tertiary/aromatic N) is 1. The first kappa shape index (κ1) is 19.7. The summed E-state index contributed by atoms with van der Waals surface area (Å²) in [5.74, 6) is 0.636. The average molecular weight is 488 g/mol. The second kappa shape index (κ2) is 8.64. The number of hydrogen-bond acceptors (Lipinski definition) is 4. The number of rotatable bonds is 7. The number of benzene rings is 2. The van der Waals surface area contributed by atoms with E-state index in [1.807, 2.05) is 6.92 Å². The molecule has 0 amide bonds. The Bertz CT molecular complexity index is 872. The molecule has 25 heavy (non-hydrogen) atoms. The van der Waals surface area contributed by atoms with Gasteiger partial charge in [-0.15, -0.1) is 0 Å². The molecular formula is C17H16Br2N2O3S. The van der Waals surface area contributed by atoms with E-state index in [2.05, 4.69) is 48.4 Å². The highest BCUT2D eigenvalue weighted by Gasteiger charge is 2.12. The molecule has 8 heteroatoms. The van der Waals surface area contributed by atoms with Crippen molar-refractivity contribution in [2.24, 2.45) is 5.10 Å². The van der Waals surface area contributed by atoms with Crippen molar-refractivity contribution in [3.8, 4) is 5.75 Å². The molecule has 132 valence electrons. The Morgan fingerprint density at radius 2 is 1.80 bits per heavy atom. The minimum atomic E-state index is -3.69. The van der Waals surface area contributed by atoms with Crippen molar-refractivity contribution >= 4 is 48.1 Å². The van der Waals surface area contributed by atoms with Gasteiger partial charge in [-0.2, -0.15) is 13.5 Å². The molecule has 0 bridgehead atoms. The van der Waals surface area contributed by atoms with Gasteiger partial charge < -0.3 is 4.74 Å². The lowest BCUT2D eigenvalue weighted by Crippen LogP contribution is -2.18. The van der Waals surface area contributed by atoms with Gasteiger partial charge in [0.1, 0.15) is 12.4 Å². The Hall–Kier alpha value is -1.64. The lowest BCUT2D eigenvalue weighted by atomic mass is 10.2. The Morgan fingerprint density at radius 1 is 1.20 bits per heavy atom. The van der Waals surface area contributed by atoms with E-state index < -0.39 is 10.0 Å². The third-order valence-electron chi connectivity index (χ3n) is 3.08. The van der Waals surface area contributed by atoms with E-state index in [0.29, 0.717) is 26.9 Å². The fourth-order valence-electron chi connectivity index (χ4n) is 1.87. The molecule has 0 aliphatic carbocycles. The van der Waals surface area contributed by atoms with Gasteiger partial charge in [0.05, 0.1) is 20.1 Å². The van der Waals surface area contributed by atoms with E-state index in [4.69, 9.17) is 4.74 Å². The Morgan fingerprint density at radius 3 is 2.36 bits per heavy atom. The largest absolute Gasteiger partial charge is 0.487 e. The number of ether oxygens (including phenoxy) is 1. The second-order valence-corrected chi connectivity index (χ2v) is 8.45. The molecule has 0 spiro atoms. The third-order valence-corrected chi connectivity index (χ3v) is 5.50. The predicted molar refractivity (Wildman–Crippen MR) is 107 cm³/mol. The maximum atomic E-state index is 12.2. The third kappa shape index (κ3) is 5.42. The maximum Gasteiger partial charge on any atom is 0.276 e. The van der Waals surface area contributed by atoms with E-state index in [9.17, 15) is 8.42 Å². The summed E-state index contributed by atoms with van der Waals surface area (Å²) in [6.45, 7) is 5.87. The summed E-state index contributed by atoms with van der Waals surface area (Å²) in [6.07, 6.45) is 3.06. The number of halogens is 2. The lowest BCUT2D eigenvalue weighted by molar-refractivity contribution is 0.358. The molecule has 0 saturated carbocycles. The topological polar surface area (TPSA) is 67.8 Å². The van der Waals surface area contributed by atoms with Crippen LogP contribution in [0.4, 0.5) is 0 Å². The van der Waals surface area contributed by atoms with Crippen LogP contribution in [0, 0.1) is 6.92 Å². The first-order chi connectivity index (χ1) is 11.8. The smallest absolute Gasteiger partial charge is 0.276 e. The summed E-state index contributed by atoms with van der Waals surface area (Å²) < 4.78 is 31.3. The number of nitrogens with one attached hydrogen (secondary N) is 1. The molecule has 1 N–H and O–H groups in total. The molecule has 0 atom stereocenters. The van der Waals surface area contributed by atoms with Gasteiger partial charge in [-0.25, -0.2) is 4.83 Å². The summed E-state index contributed by atoms with van der Waals surface area (Å²) in [7, 11) is -3.69. The molecule has 0 heterocycles. The van der Waals surface area contributed by atoms with Gasteiger partial charge in [0.2, 0.25) is 0 Å². The Balaban J connectivity index is 2.14. The normalized spacial score (nSPS) is 11.5. The zero-order chi connectivity index (χ0) is 18.4. The molecule has 0 aliphatic rings. The van der Waals surface area contributed by atoms with Crippen LogP contribution in [0.1, 0.15) is 11.1 Å². The first-order valence-corrected chi connectivity index (χ1v) is 10.2. The lowest BCUT2D eigenvalue weighted by Gasteiger charge is -2.09. The molecule has 2 aromatic carbocycles. The van der Waals surface area contributed by atoms with E-state index in [0.717, 1.165) is 5.56 Å². The van der Waals surface area contributed by atoms with Crippen LogP contribution in [0.25, 0.3) is 0 Å². The summed E-state index contributed by atoms with van der Waals surface area (Å²) in [5.41, 5.74) is 1.67. The van der Waals surface area contributed by atoms with Crippen molar-refractivity contribution in [2.45, 2.75) is 11.8 Å². The van der Waals surface area contributed by atoms with Gasteiger partial charge in [-0.3, -0.25) is 0 Å². The molecule has 0 aliphatic heterocycles. The summed E-state index contributed by atoms with van der Waals surface area (Å²) >= 11 is 6.83. The number of sulfonamides is 1. The van der Waals surface area contributed by atoms with E-state index in [1.165, 1.54) is 18.3 Å². The van der Waals surface area contributed by atoms with Gasteiger partial charge in [-0.1, -0.05) is 30.4 Å². The van der Waals surface area contributed by atoms with Crippen LogP contribution in [0.3, 0.4) is 0 Å². The molecule has 2 rings (SSSR count). The van der Waals surface area contributed by atoms with Crippen LogP contribution in [-0.2, 0) is 10.0 Å². The standard InChI is InChI=1S/C17H16Br2N2O3S/c1-3-8-24-17-15(18)9-13(10-16(17)19)11-20-21-25(22,23)14-6-4-12(2)5-7-14/h3-7,9-11,21H,1,8H2,2H3/b20-11-. The van der Waals surface area contributed by atoms with Gasteiger partial charge in [-0.05, 0) is 68.6 Å². The highest BCUT2D eigenvalue weighted by molar-refractivity contribution is 9.11. The van der Waals surface area contributed by atoms with Gasteiger partial charge in [0.15, 0.2) is 0 Å². The quantitative estimate of drug-likeness (QED) is 0.357. The SMILES string of the molecule is C=CCOc1c(Br)cc(/C=N\NS(=O)(=O)c2ccc(C)cc2)cc1Br. The Kier molecular flexibility index (Phi) is 6.80. The number of hydrazone groups is 1. The minimum Gasteiger partial charge on any atom is -0.487 e. The van der Waals surface area contributed by atoms with Crippen LogP contribution < -0.4 is 9.57 Å². The van der Waals surface area contributed by atoms with Crippen LogP contribution >= 0.6 is 31.9 Å². The van der Waals surface area contributed by atoms with Crippen molar-refractivity contribution < 1.29 is 13.2 Å². The van der Waals surface area contributed by atoms with Crippen molar-refractivity contribution in [3.63, 3.8) is 0 Å². The first-order valence-electron chi connectivity index (χ1n) is 7.18. The second-order valence-electron chi connectivity index (χ2n) is 5.08. The predicted octanol–water partition coefficient (Wildman–Crippen LogP) is 4.40. The van der Waals surface area contributed by atoms with Crippen molar-refractivity contribution in [3.05, 3.63) is 69.1 Å². The highest BCUT2D eigenvalue weighted by Crippen LogP contribution is 2.34. The molecule has 0 saturated heterocycles. The summed E-state index contributed by atoms with van der Waals surface area (Å²) in [5, 5.41) is 3.82. The van der Waals surface area contributed by atoms with Crippen molar-refractivity contribution in [1.29, 1.82) is 0 Å². The Labute approximate surface area is 164 Å². The van der Waals surface area contributed by atoms with E-state index in [1.54, 1.807) is 30.3 Å². The van der Waals surface area contributed by atoms with Crippen molar-refractivity contribution in [2.75, 3.05) is 6.61 Å². The number of hydrogen-bond donors (Lipinski definition) is 1. The zero-order valence-electron chi connectivity index (χ0n) is 13.4. The monoisotopic (exact) mass is 486 g/mol. The van der Waals surface area contributed by atoms with Gasteiger partial charge >= 0.3 is 0 Å². The molecule has 0 aromatic heterocycles. The molecular weight excluding hydrogens is 472 g/mol. The van der Waals surface area contributed by atoms with Crippen LogP contribution in [0.15, 0.2) is 68.0 Å². The van der Waals surface area contributed by atoms with Crippen molar-refractivity contribution in [1.82, 2.24) is 4.83 Å². The fourth-order valence-corrected chi connectivity index (χ4v) is 4.12. The summed E-state index contributed by atoms with van der Waals surface area (Å²) in [6, 6.07) is 10.1. The van der Waals surface area contributed by atoms with Crippen LogP contribution in [0.5, 0.6) is 5.75 Å². The minimum absolute atomic E-state index is 0.158. The van der Waals surface area contributed by atoms with Gasteiger partial charge in [0, 0.05) is 0 Å². The van der Waals surface area contributed by atoms with E-state index >= 15 is 0 Å². The van der Waals surface area contributed by atoms with E-state index in [-0.39, 0.29) is 4.90 Å². The molecule has 0 fully saturated rings. The maximum absolute atomic E-state index is 12.2. The van der Waals surface area contributed by atoms with Gasteiger partial charge in [0.25, 0.3) is 10.0 Å². The summed E-state index contributed by atoms with van der Waals surface area (Å²) in [4.78, 5) is 2.36. The van der Waals surface area contributed by atoms with Crippen LogP contribution in [-0.4, -0.2) is 21.2 Å². The average Bonchev–Trinajstić information content (AvgIpc) is 2.54. The van der Waals surface area contributed by atoms with Crippen LogP contribution in [0.2, 0.25) is 0 Å². The highest BCUT2D eigenvalue weighted by atomic mass is 79.9. The zero-order valence-corrected chi connectivity index (χ0v) is 17.4. The molecule has 0 unspecified atom stereocenters. The fraction of sp³-hybridized carbons (Fsp3) is 0.118. The number of aryl methyl sites for hydroxylation is 1. The molecule has 2 aromatic rings.